The van der Waals surface area contributed by atoms with Crippen molar-refractivity contribution < 1.29 is 9.72 Å². The molecule has 0 heterocycles. The number of nitro benzene ring substituents is 1. The Morgan fingerprint density at radius 2 is 2.00 bits per heavy atom. The molecule has 6 nitrogen and oxygen atoms in total. The first-order valence-electron chi connectivity index (χ1n) is 6.04. The predicted octanol–water partition coefficient (Wildman–Crippen LogP) is 2.96. The van der Waals surface area contributed by atoms with Crippen LogP contribution >= 0.6 is 11.6 Å². The summed E-state index contributed by atoms with van der Waals surface area (Å²) in [5.74, 6) is -0.705. The van der Waals surface area contributed by atoms with E-state index in [9.17, 15) is 14.9 Å². The Hall–Kier alpha value is -2.60. The number of nitrogens with two attached hydrogens (primary N) is 1. The third-order valence-corrected chi connectivity index (χ3v) is 3.24. The second kappa shape index (κ2) is 6.23. The highest BCUT2D eigenvalue weighted by Gasteiger charge is 2.16. The molecule has 0 unspecified atom stereocenters. The van der Waals surface area contributed by atoms with Gasteiger partial charge in [-0.25, -0.2) is 0 Å². The maximum atomic E-state index is 11.1. The Labute approximate surface area is 125 Å². The van der Waals surface area contributed by atoms with Crippen LogP contribution in [0.1, 0.15) is 15.9 Å². The minimum absolute atomic E-state index is 0.100. The van der Waals surface area contributed by atoms with Crippen molar-refractivity contribution >= 4 is 28.9 Å². The Kier molecular flexibility index (Phi) is 4.39. The standard InChI is InChI=1S/C14H12ClN3O3/c15-11-3-1-2-4-12(11)17-8-10-6-5-9(14(16)19)7-13(10)18(20)21/h1-7,17H,8H2,(H2,16,19). The molecule has 0 aliphatic heterocycles. The zero-order valence-electron chi connectivity index (χ0n) is 10.9. The molecule has 0 bridgehead atoms. The second-order valence-electron chi connectivity index (χ2n) is 4.30. The molecule has 0 saturated carbocycles. The third kappa shape index (κ3) is 3.49. The summed E-state index contributed by atoms with van der Waals surface area (Å²) in [5, 5.41) is 14.6. The number of halogens is 1. The third-order valence-electron chi connectivity index (χ3n) is 2.91. The van der Waals surface area contributed by atoms with Crippen LogP contribution in [0.2, 0.25) is 5.02 Å². The number of primary amides is 1. The Morgan fingerprint density at radius 3 is 2.62 bits per heavy atom. The number of nitrogens with zero attached hydrogens (tertiary/aromatic N) is 1. The summed E-state index contributed by atoms with van der Waals surface area (Å²) in [5.41, 5.74) is 6.17. The summed E-state index contributed by atoms with van der Waals surface area (Å²) >= 11 is 6.00. The van der Waals surface area contributed by atoms with Crippen LogP contribution in [0.25, 0.3) is 0 Å². The maximum absolute atomic E-state index is 11.1. The summed E-state index contributed by atoms with van der Waals surface area (Å²) < 4.78 is 0. The van der Waals surface area contributed by atoms with Crippen molar-refractivity contribution in [3.05, 3.63) is 68.7 Å². The Bertz CT molecular complexity index is 704. The van der Waals surface area contributed by atoms with E-state index in [2.05, 4.69) is 5.32 Å². The van der Waals surface area contributed by atoms with Crippen molar-refractivity contribution in [3.63, 3.8) is 0 Å². The summed E-state index contributed by atoms with van der Waals surface area (Å²) in [6, 6.07) is 11.2. The number of carbonyl (C=O) groups is 1. The molecule has 0 atom stereocenters. The first kappa shape index (κ1) is 14.8. The monoisotopic (exact) mass is 305 g/mol. The Morgan fingerprint density at radius 1 is 1.29 bits per heavy atom. The van der Waals surface area contributed by atoms with Crippen LogP contribution in [0.15, 0.2) is 42.5 Å². The number of hydrogen-bond acceptors (Lipinski definition) is 4. The molecule has 3 N–H and O–H groups in total. The van der Waals surface area contributed by atoms with Crippen molar-refractivity contribution in [1.82, 2.24) is 0 Å². The highest BCUT2D eigenvalue weighted by atomic mass is 35.5. The molecule has 0 aromatic heterocycles. The van der Waals surface area contributed by atoms with Gasteiger partial charge in [0.05, 0.1) is 15.6 Å². The van der Waals surface area contributed by atoms with Crippen LogP contribution in [0, 0.1) is 10.1 Å². The zero-order chi connectivity index (χ0) is 15.4. The average Bonchev–Trinajstić information content (AvgIpc) is 2.46. The van der Waals surface area contributed by atoms with Crippen molar-refractivity contribution in [3.8, 4) is 0 Å². The molecular weight excluding hydrogens is 294 g/mol. The van der Waals surface area contributed by atoms with Gasteiger partial charge >= 0.3 is 0 Å². The van der Waals surface area contributed by atoms with Gasteiger partial charge < -0.3 is 11.1 Å². The van der Waals surface area contributed by atoms with Gasteiger partial charge in [-0.05, 0) is 24.3 Å². The molecule has 7 heteroatoms. The minimum Gasteiger partial charge on any atom is -0.379 e. The smallest absolute Gasteiger partial charge is 0.275 e. The number of nitrogens with one attached hydrogen (secondary N) is 1. The van der Waals surface area contributed by atoms with E-state index in [-0.39, 0.29) is 17.8 Å². The molecular formula is C14H12ClN3O3. The van der Waals surface area contributed by atoms with Gasteiger partial charge in [-0.1, -0.05) is 23.7 Å². The molecule has 0 saturated heterocycles. The molecule has 0 fully saturated rings. The van der Waals surface area contributed by atoms with E-state index in [1.807, 2.05) is 0 Å². The zero-order valence-corrected chi connectivity index (χ0v) is 11.6. The first-order chi connectivity index (χ1) is 9.99. The summed E-state index contributed by atoms with van der Waals surface area (Å²) in [4.78, 5) is 21.6. The first-order valence-corrected chi connectivity index (χ1v) is 6.42. The van der Waals surface area contributed by atoms with Crippen molar-refractivity contribution in [1.29, 1.82) is 0 Å². The van der Waals surface area contributed by atoms with E-state index in [0.717, 1.165) is 0 Å². The molecule has 108 valence electrons. The van der Waals surface area contributed by atoms with Gasteiger partial charge in [0.2, 0.25) is 5.91 Å². The van der Waals surface area contributed by atoms with Gasteiger partial charge in [0.25, 0.3) is 5.69 Å². The van der Waals surface area contributed by atoms with Gasteiger partial charge in [0, 0.05) is 23.7 Å². The lowest BCUT2D eigenvalue weighted by molar-refractivity contribution is -0.385. The van der Waals surface area contributed by atoms with Gasteiger partial charge in [0.15, 0.2) is 0 Å². The summed E-state index contributed by atoms with van der Waals surface area (Å²) in [6.45, 7) is 0.207. The number of amides is 1. The van der Waals surface area contributed by atoms with Crippen molar-refractivity contribution in [2.45, 2.75) is 6.54 Å². The van der Waals surface area contributed by atoms with Gasteiger partial charge in [0.1, 0.15) is 0 Å². The Balaban J connectivity index is 2.26. The molecule has 0 aliphatic rings. The van der Waals surface area contributed by atoms with Gasteiger partial charge in [-0.3, -0.25) is 14.9 Å². The lowest BCUT2D eigenvalue weighted by atomic mass is 10.1. The molecule has 2 aromatic carbocycles. The largest absolute Gasteiger partial charge is 0.379 e. The number of nitro groups is 1. The van der Waals surface area contributed by atoms with Crippen LogP contribution in [0.3, 0.4) is 0 Å². The van der Waals surface area contributed by atoms with Crippen molar-refractivity contribution in [2.24, 2.45) is 5.73 Å². The summed E-state index contributed by atoms with van der Waals surface area (Å²) in [7, 11) is 0. The molecule has 0 aliphatic carbocycles. The number of anilines is 1. The van der Waals surface area contributed by atoms with E-state index in [4.69, 9.17) is 17.3 Å². The fraction of sp³-hybridized carbons (Fsp3) is 0.0714. The number of benzene rings is 2. The van der Waals surface area contributed by atoms with Crippen LogP contribution in [-0.4, -0.2) is 10.8 Å². The SMILES string of the molecule is NC(=O)c1ccc(CNc2ccccc2Cl)c([N+](=O)[O-])c1. The van der Waals surface area contributed by atoms with Gasteiger partial charge in [-0.15, -0.1) is 0 Å². The normalized spacial score (nSPS) is 10.1. The van der Waals surface area contributed by atoms with Crippen LogP contribution in [-0.2, 0) is 6.54 Å². The van der Waals surface area contributed by atoms with Crippen LogP contribution in [0.4, 0.5) is 11.4 Å². The quantitative estimate of drug-likeness (QED) is 0.655. The van der Waals surface area contributed by atoms with Crippen LogP contribution in [0.5, 0.6) is 0 Å². The molecule has 2 rings (SSSR count). The molecule has 0 spiro atoms. The summed E-state index contributed by atoms with van der Waals surface area (Å²) in [6.07, 6.45) is 0. The topological polar surface area (TPSA) is 98.3 Å². The van der Waals surface area contributed by atoms with E-state index in [0.29, 0.717) is 16.3 Å². The maximum Gasteiger partial charge on any atom is 0.275 e. The minimum atomic E-state index is -0.705. The highest BCUT2D eigenvalue weighted by molar-refractivity contribution is 6.33. The second-order valence-corrected chi connectivity index (χ2v) is 4.71. The lowest BCUT2D eigenvalue weighted by Gasteiger charge is -2.09. The van der Waals surface area contributed by atoms with E-state index >= 15 is 0 Å². The predicted molar refractivity (Wildman–Crippen MR) is 80.4 cm³/mol. The molecule has 21 heavy (non-hydrogen) atoms. The molecule has 0 radical (unpaired) electrons. The van der Waals surface area contributed by atoms with Gasteiger partial charge in [-0.2, -0.15) is 0 Å². The fourth-order valence-electron chi connectivity index (χ4n) is 1.83. The molecule has 2 aromatic rings. The molecule has 1 amide bonds. The van der Waals surface area contributed by atoms with E-state index in [1.165, 1.54) is 18.2 Å². The van der Waals surface area contributed by atoms with E-state index < -0.39 is 10.8 Å². The van der Waals surface area contributed by atoms with E-state index in [1.54, 1.807) is 24.3 Å². The highest BCUT2D eigenvalue weighted by Crippen LogP contribution is 2.24. The number of hydrogen-bond donors (Lipinski definition) is 2. The fourth-order valence-corrected chi connectivity index (χ4v) is 2.03. The van der Waals surface area contributed by atoms with Crippen LogP contribution < -0.4 is 11.1 Å². The van der Waals surface area contributed by atoms with Crippen molar-refractivity contribution in [2.75, 3.05) is 5.32 Å². The number of para-hydroxylation sites is 1. The number of rotatable bonds is 5. The number of carbonyl (C=O) groups excluding carboxylic acids is 1. The average molecular weight is 306 g/mol. The lowest BCUT2D eigenvalue weighted by Crippen LogP contribution is -2.12.